The van der Waals surface area contributed by atoms with Gasteiger partial charge in [-0.05, 0) is 41.5 Å². The van der Waals surface area contributed by atoms with E-state index in [-0.39, 0.29) is 0 Å². The molecule has 0 aromatic heterocycles. The fourth-order valence-electron chi connectivity index (χ4n) is 0.853. The summed E-state index contributed by atoms with van der Waals surface area (Å²) in [5.41, 5.74) is -0.995. The van der Waals surface area contributed by atoms with Crippen LogP contribution in [0.4, 0.5) is 0 Å². The van der Waals surface area contributed by atoms with Crippen LogP contribution in [0.5, 0.6) is 0 Å². The van der Waals surface area contributed by atoms with E-state index in [2.05, 4.69) is 6.66 Å². The lowest BCUT2D eigenvalue weighted by atomic mass is 10.2. The Morgan fingerprint density at radius 1 is 0.923 bits per heavy atom. The van der Waals surface area contributed by atoms with Crippen LogP contribution in [-0.4, -0.2) is 11.2 Å². The summed E-state index contributed by atoms with van der Waals surface area (Å²) in [7, 11) is -3.19. The zero-order chi connectivity index (χ0) is 10.9. The molecule has 0 fully saturated rings. The molecule has 13 heavy (non-hydrogen) atoms. The minimum absolute atomic E-state index is 0.497. The molecule has 0 saturated heterocycles. The summed E-state index contributed by atoms with van der Waals surface area (Å²) < 4.78 is 22.1. The molecule has 0 amide bonds. The lowest BCUT2D eigenvalue weighted by Crippen LogP contribution is -2.22. The first-order valence-corrected chi connectivity index (χ1v) is 6.00. The van der Waals surface area contributed by atoms with Crippen LogP contribution in [-0.2, 0) is 13.6 Å². The summed E-state index contributed by atoms with van der Waals surface area (Å²) in [5.74, 6) is 0. The van der Waals surface area contributed by atoms with Gasteiger partial charge in [-0.25, -0.2) is 0 Å². The summed E-state index contributed by atoms with van der Waals surface area (Å²) in [6.45, 7) is 14.3. The maximum Gasteiger partial charge on any atom is 0.332 e. The third-order valence-corrected chi connectivity index (χ3v) is 2.48. The Kier molecular flexibility index (Phi) is 3.76. The zero-order valence-electron chi connectivity index (χ0n) is 9.38. The van der Waals surface area contributed by atoms with Crippen molar-refractivity contribution in [1.82, 2.24) is 0 Å². The minimum Gasteiger partial charge on any atom is -0.303 e. The Morgan fingerprint density at radius 3 is 1.31 bits per heavy atom. The predicted molar refractivity (Wildman–Crippen MR) is 54.6 cm³/mol. The molecule has 0 aromatic carbocycles. The van der Waals surface area contributed by atoms with Gasteiger partial charge in [0.15, 0.2) is 0 Å². The smallest absolute Gasteiger partial charge is 0.303 e. The van der Waals surface area contributed by atoms with Gasteiger partial charge in [0.05, 0.1) is 17.9 Å². The van der Waals surface area contributed by atoms with Gasteiger partial charge in [-0.15, -0.1) is 0 Å². The van der Waals surface area contributed by atoms with E-state index in [9.17, 15) is 4.57 Å². The predicted octanol–water partition coefficient (Wildman–Crippen LogP) is 3.60. The van der Waals surface area contributed by atoms with Gasteiger partial charge < -0.3 is 9.05 Å². The second-order valence-corrected chi connectivity index (χ2v) is 6.61. The van der Waals surface area contributed by atoms with E-state index in [1.54, 1.807) is 0 Å². The van der Waals surface area contributed by atoms with Crippen LogP contribution in [0.25, 0.3) is 0 Å². The van der Waals surface area contributed by atoms with Crippen molar-refractivity contribution in [3.8, 4) is 0 Å². The van der Waals surface area contributed by atoms with Gasteiger partial charge in [0.1, 0.15) is 0 Å². The molecule has 0 rings (SSSR count). The van der Waals surface area contributed by atoms with Crippen molar-refractivity contribution in [1.29, 1.82) is 0 Å². The van der Waals surface area contributed by atoms with E-state index >= 15 is 0 Å². The Hall–Kier alpha value is 0.150. The average molecular weight is 207 g/mol. The van der Waals surface area contributed by atoms with Gasteiger partial charge >= 0.3 is 7.60 Å². The van der Waals surface area contributed by atoms with Crippen molar-refractivity contribution in [3.05, 3.63) is 6.66 Å². The van der Waals surface area contributed by atoms with Crippen LogP contribution in [0.15, 0.2) is 0 Å². The lowest BCUT2D eigenvalue weighted by molar-refractivity contribution is 0.0539. The highest BCUT2D eigenvalue weighted by molar-refractivity contribution is 7.55. The highest BCUT2D eigenvalue weighted by Gasteiger charge is 2.30. The van der Waals surface area contributed by atoms with Crippen LogP contribution in [0.2, 0.25) is 0 Å². The molecule has 0 aliphatic heterocycles. The monoisotopic (exact) mass is 207 g/mol. The number of rotatable bonds is 2. The molecule has 0 heterocycles. The van der Waals surface area contributed by atoms with Gasteiger partial charge in [-0.2, -0.15) is 0 Å². The summed E-state index contributed by atoms with van der Waals surface area (Å²) in [4.78, 5) is 0. The van der Waals surface area contributed by atoms with E-state index in [1.807, 2.05) is 41.5 Å². The normalized spacial score (nSPS) is 14.7. The van der Waals surface area contributed by atoms with Crippen LogP contribution in [0.3, 0.4) is 0 Å². The summed E-state index contributed by atoms with van der Waals surface area (Å²) in [5, 5.41) is 0. The van der Waals surface area contributed by atoms with E-state index in [0.717, 1.165) is 0 Å². The lowest BCUT2D eigenvalue weighted by Gasteiger charge is -2.29. The fraction of sp³-hybridized carbons (Fsp3) is 0.889. The van der Waals surface area contributed by atoms with Gasteiger partial charge in [0, 0.05) is 0 Å². The third-order valence-electron chi connectivity index (χ3n) is 0.826. The number of hydrogen-bond donors (Lipinski definition) is 0. The molecule has 1 radical (unpaired) electrons. The minimum atomic E-state index is -3.19. The average Bonchev–Trinajstić information content (AvgIpc) is 1.43. The third kappa shape index (κ3) is 8.48. The molecule has 0 atom stereocenters. The highest BCUT2D eigenvalue weighted by Crippen LogP contribution is 2.52. The van der Waals surface area contributed by atoms with Crippen LogP contribution in [0.1, 0.15) is 41.5 Å². The van der Waals surface area contributed by atoms with Crippen molar-refractivity contribution in [2.75, 3.05) is 0 Å². The molecule has 0 aliphatic rings. The SMILES string of the molecule is [CH2]P(=O)(OC(C)(C)C)OC(C)(C)C. The topological polar surface area (TPSA) is 35.5 Å². The maximum absolute atomic E-state index is 11.7. The molecule has 0 saturated carbocycles. The molecule has 0 aromatic rings. The molecule has 79 valence electrons. The van der Waals surface area contributed by atoms with Crippen LogP contribution in [0, 0.1) is 6.66 Å². The molecule has 0 unspecified atom stereocenters. The Balaban J connectivity index is 4.35. The van der Waals surface area contributed by atoms with Gasteiger partial charge in [-0.1, -0.05) is 0 Å². The van der Waals surface area contributed by atoms with E-state index in [1.165, 1.54) is 0 Å². The molecule has 3 nitrogen and oxygen atoms in total. The summed E-state index contributed by atoms with van der Waals surface area (Å²) in [6, 6.07) is 0. The van der Waals surface area contributed by atoms with E-state index in [4.69, 9.17) is 9.05 Å². The highest BCUT2D eigenvalue weighted by atomic mass is 31.2. The largest absolute Gasteiger partial charge is 0.332 e. The molecule has 0 spiro atoms. The Labute approximate surface area is 81.3 Å². The fourth-order valence-corrected chi connectivity index (χ4v) is 2.56. The van der Waals surface area contributed by atoms with Crippen LogP contribution >= 0.6 is 7.60 Å². The maximum atomic E-state index is 11.7. The standard InChI is InChI=1S/C9H20O3P/c1-8(2,3)11-13(7,10)12-9(4,5)6/h7H2,1-6H3. The number of hydrogen-bond acceptors (Lipinski definition) is 3. The summed E-state index contributed by atoms with van der Waals surface area (Å²) in [6.07, 6.45) is 0. The first-order chi connectivity index (χ1) is 5.41. The molecule has 0 aliphatic carbocycles. The van der Waals surface area contributed by atoms with Crippen molar-refractivity contribution < 1.29 is 13.6 Å². The second-order valence-electron chi connectivity index (χ2n) is 5.02. The van der Waals surface area contributed by atoms with E-state index < -0.39 is 18.8 Å². The first kappa shape index (κ1) is 13.2. The van der Waals surface area contributed by atoms with Gasteiger partial charge in [0.2, 0.25) is 0 Å². The zero-order valence-corrected chi connectivity index (χ0v) is 10.3. The van der Waals surface area contributed by atoms with Gasteiger partial charge in [-0.3, -0.25) is 4.57 Å². The van der Waals surface area contributed by atoms with E-state index in [0.29, 0.717) is 0 Å². The Bertz CT molecular complexity index is 190. The molecule has 4 heteroatoms. The molecule has 0 bridgehead atoms. The van der Waals surface area contributed by atoms with Crippen LogP contribution < -0.4 is 0 Å². The van der Waals surface area contributed by atoms with Crippen molar-refractivity contribution in [2.24, 2.45) is 0 Å². The van der Waals surface area contributed by atoms with Crippen molar-refractivity contribution in [2.45, 2.75) is 52.7 Å². The van der Waals surface area contributed by atoms with Gasteiger partial charge in [0.25, 0.3) is 0 Å². The van der Waals surface area contributed by atoms with Crippen molar-refractivity contribution in [3.63, 3.8) is 0 Å². The quantitative estimate of drug-likeness (QED) is 0.649. The molecular weight excluding hydrogens is 187 g/mol. The second kappa shape index (κ2) is 3.72. The molecular formula is C9H20O3P. The van der Waals surface area contributed by atoms with Crippen molar-refractivity contribution >= 4 is 7.60 Å². The molecule has 0 N–H and O–H groups in total. The first-order valence-electron chi connectivity index (χ1n) is 4.27. The summed E-state index contributed by atoms with van der Waals surface area (Å²) >= 11 is 0. The Morgan fingerprint density at radius 2 is 1.15 bits per heavy atom.